The number of nitrogens with zero attached hydrogens (tertiary/aromatic N) is 1. The van der Waals surface area contributed by atoms with Gasteiger partial charge in [0.15, 0.2) is 0 Å². The Morgan fingerprint density at radius 3 is 2.63 bits per heavy atom. The summed E-state index contributed by atoms with van der Waals surface area (Å²) in [6.45, 7) is 1.49. The maximum atomic E-state index is 12.2. The number of rotatable bonds is 4. The first kappa shape index (κ1) is 13.9. The third kappa shape index (κ3) is 3.50. The van der Waals surface area contributed by atoms with E-state index in [1.165, 1.54) is 6.26 Å². The van der Waals surface area contributed by atoms with Crippen molar-refractivity contribution in [3.8, 4) is 0 Å². The highest BCUT2D eigenvalue weighted by Gasteiger charge is 2.39. The summed E-state index contributed by atoms with van der Waals surface area (Å²) in [6, 6.07) is 3.05. The maximum absolute atomic E-state index is 12.2. The van der Waals surface area contributed by atoms with Gasteiger partial charge in [-0.05, 0) is 38.1 Å². The van der Waals surface area contributed by atoms with Gasteiger partial charge in [-0.1, -0.05) is 0 Å². The van der Waals surface area contributed by atoms with Crippen LogP contribution in [0.25, 0.3) is 0 Å². The molecule has 2 heterocycles. The van der Waals surface area contributed by atoms with E-state index in [1.807, 2.05) is 10.2 Å². The van der Waals surface area contributed by atoms with Gasteiger partial charge < -0.3 is 9.73 Å². The van der Waals surface area contributed by atoms with Crippen molar-refractivity contribution in [3.63, 3.8) is 0 Å². The average molecular weight is 276 g/mol. The molecule has 0 spiro atoms. The molecule has 1 atom stereocenters. The van der Waals surface area contributed by atoms with Crippen LogP contribution in [-0.2, 0) is 4.79 Å². The molecule has 1 aromatic heterocycles. The fourth-order valence-corrected chi connectivity index (χ4v) is 2.23. The van der Waals surface area contributed by atoms with Gasteiger partial charge in [-0.3, -0.25) is 9.69 Å². The first-order valence-corrected chi connectivity index (χ1v) is 6.11. The van der Waals surface area contributed by atoms with Crippen molar-refractivity contribution in [1.29, 1.82) is 0 Å². The Bertz CT molecular complexity index is 411. The number of nitrogens with one attached hydrogen (secondary N) is 1. The Hall–Kier alpha value is -1.50. The summed E-state index contributed by atoms with van der Waals surface area (Å²) in [6.07, 6.45) is -1.36. The van der Waals surface area contributed by atoms with Crippen LogP contribution in [0.1, 0.15) is 24.6 Å². The number of halogens is 3. The molecule has 106 valence electrons. The van der Waals surface area contributed by atoms with E-state index in [-0.39, 0.29) is 12.6 Å². The van der Waals surface area contributed by atoms with Crippen LogP contribution in [0.3, 0.4) is 0 Å². The highest BCUT2D eigenvalue weighted by molar-refractivity contribution is 5.81. The van der Waals surface area contributed by atoms with Crippen molar-refractivity contribution < 1.29 is 22.4 Å². The molecule has 1 fully saturated rings. The molecule has 0 aliphatic carbocycles. The van der Waals surface area contributed by atoms with Gasteiger partial charge in [0.25, 0.3) is 0 Å². The standard InChI is InChI=1S/C12H15F3N2O2/c13-12(14,15)11(18)16-8-9(10-4-3-7-19-10)17-5-1-2-6-17/h3-4,7,9H,1-2,5-6,8H2,(H,16,18). The largest absolute Gasteiger partial charge is 0.471 e. The van der Waals surface area contributed by atoms with Crippen molar-refractivity contribution in [2.24, 2.45) is 0 Å². The fourth-order valence-electron chi connectivity index (χ4n) is 2.23. The molecule has 1 saturated heterocycles. The molecule has 1 aromatic rings. The molecule has 1 N–H and O–H groups in total. The predicted molar refractivity (Wildman–Crippen MR) is 61.3 cm³/mol. The molecule has 4 nitrogen and oxygen atoms in total. The van der Waals surface area contributed by atoms with Crippen LogP contribution in [-0.4, -0.2) is 36.6 Å². The van der Waals surface area contributed by atoms with Gasteiger partial charge in [0.05, 0.1) is 12.3 Å². The maximum Gasteiger partial charge on any atom is 0.471 e. The molecule has 19 heavy (non-hydrogen) atoms. The third-order valence-corrected chi connectivity index (χ3v) is 3.17. The van der Waals surface area contributed by atoms with Gasteiger partial charge in [-0.25, -0.2) is 0 Å². The predicted octanol–water partition coefficient (Wildman–Crippen LogP) is 2.09. The molecule has 1 aliphatic heterocycles. The molecule has 0 saturated carbocycles. The van der Waals surface area contributed by atoms with Gasteiger partial charge in [-0.15, -0.1) is 0 Å². The van der Waals surface area contributed by atoms with Crippen molar-refractivity contribution >= 4 is 5.91 Å². The van der Waals surface area contributed by atoms with Crippen molar-refractivity contribution in [1.82, 2.24) is 10.2 Å². The van der Waals surface area contributed by atoms with Crippen LogP contribution >= 0.6 is 0 Å². The number of carbonyl (C=O) groups excluding carboxylic acids is 1. The zero-order chi connectivity index (χ0) is 13.9. The first-order valence-electron chi connectivity index (χ1n) is 6.11. The Balaban J connectivity index is 2.00. The minimum Gasteiger partial charge on any atom is -0.468 e. The molecule has 1 amide bonds. The smallest absolute Gasteiger partial charge is 0.468 e. The lowest BCUT2D eigenvalue weighted by Crippen LogP contribution is -2.42. The van der Waals surface area contributed by atoms with Crippen molar-refractivity contribution in [2.45, 2.75) is 25.1 Å². The lowest BCUT2D eigenvalue weighted by Gasteiger charge is -2.26. The number of carbonyl (C=O) groups is 1. The van der Waals surface area contributed by atoms with E-state index >= 15 is 0 Å². The zero-order valence-corrected chi connectivity index (χ0v) is 10.2. The Morgan fingerprint density at radius 1 is 1.42 bits per heavy atom. The number of furan rings is 1. The van der Waals surface area contributed by atoms with Crippen molar-refractivity contribution in [3.05, 3.63) is 24.2 Å². The minimum absolute atomic E-state index is 0.105. The van der Waals surface area contributed by atoms with E-state index in [1.54, 1.807) is 12.1 Å². The van der Waals surface area contributed by atoms with E-state index < -0.39 is 12.1 Å². The first-order chi connectivity index (χ1) is 8.98. The molecular formula is C12H15F3N2O2. The van der Waals surface area contributed by atoms with E-state index in [9.17, 15) is 18.0 Å². The van der Waals surface area contributed by atoms with E-state index in [0.717, 1.165) is 25.9 Å². The van der Waals surface area contributed by atoms with E-state index in [4.69, 9.17) is 4.42 Å². The Morgan fingerprint density at radius 2 is 2.11 bits per heavy atom. The molecule has 2 rings (SSSR count). The SMILES string of the molecule is O=C(NCC(c1ccco1)N1CCCC1)C(F)(F)F. The second-order valence-electron chi connectivity index (χ2n) is 4.48. The van der Waals surface area contributed by atoms with E-state index in [0.29, 0.717) is 5.76 Å². The Kier molecular flexibility index (Phi) is 4.14. The van der Waals surface area contributed by atoms with Crippen LogP contribution in [0.4, 0.5) is 13.2 Å². The number of hydrogen-bond donors (Lipinski definition) is 1. The Labute approximate surface area is 108 Å². The van der Waals surface area contributed by atoms with Crippen LogP contribution < -0.4 is 5.32 Å². The summed E-state index contributed by atoms with van der Waals surface area (Å²) in [5, 5.41) is 1.92. The van der Waals surface area contributed by atoms with Gasteiger partial charge in [0.2, 0.25) is 0 Å². The molecule has 0 aromatic carbocycles. The van der Waals surface area contributed by atoms with Crippen molar-refractivity contribution in [2.75, 3.05) is 19.6 Å². The lowest BCUT2D eigenvalue weighted by atomic mass is 10.2. The summed E-state index contributed by atoms with van der Waals surface area (Å²) >= 11 is 0. The molecule has 7 heteroatoms. The van der Waals surface area contributed by atoms with Gasteiger partial charge in [0, 0.05) is 6.54 Å². The summed E-state index contributed by atoms with van der Waals surface area (Å²) in [7, 11) is 0. The highest BCUT2D eigenvalue weighted by Crippen LogP contribution is 2.25. The molecule has 0 radical (unpaired) electrons. The molecule has 1 aliphatic rings. The lowest BCUT2D eigenvalue weighted by molar-refractivity contribution is -0.173. The van der Waals surface area contributed by atoms with Gasteiger partial charge >= 0.3 is 12.1 Å². The van der Waals surface area contributed by atoms with Crippen LogP contribution in [0.2, 0.25) is 0 Å². The van der Waals surface area contributed by atoms with Crippen LogP contribution in [0, 0.1) is 0 Å². The summed E-state index contributed by atoms with van der Waals surface area (Å²) < 4.78 is 41.8. The molecular weight excluding hydrogens is 261 g/mol. The number of likely N-dealkylation sites (tertiary alicyclic amines) is 1. The van der Waals surface area contributed by atoms with Crippen LogP contribution in [0.15, 0.2) is 22.8 Å². The second kappa shape index (κ2) is 5.64. The second-order valence-corrected chi connectivity index (χ2v) is 4.48. The topological polar surface area (TPSA) is 45.5 Å². The highest BCUT2D eigenvalue weighted by atomic mass is 19.4. The number of amides is 1. The normalized spacial score (nSPS) is 18.5. The third-order valence-electron chi connectivity index (χ3n) is 3.17. The molecule has 0 bridgehead atoms. The summed E-state index contributed by atoms with van der Waals surface area (Å²) in [4.78, 5) is 12.9. The number of hydrogen-bond acceptors (Lipinski definition) is 3. The van der Waals surface area contributed by atoms with E-state index in [2.05, 4.69) is 0 Å². The average Bonchev–Trinajstić information content (AvgIpc) is 3.00. The fraction of sp³-hybridized carbons (Fsp3) is 0.583. The summed E-state index contributed by atoms with van der Waals surface area (Å²) in [5.41, 5.74) is 0. The van der Waals surface area contributed by atoms with Gasteiger partial charge in [-0.2, -0.15) is 13.2 Å². The van der Waals surface area contributed by atoms with Gasteiger partial charge in [0.1, 0.15) is 5.76 Å². The van der Waals surface area contributed by atoms with Crippen LogP contribution in [0.5, 0.6) is 0 Å². The quantitative estimate of drug-likeness (QED) is 0.916. The molecule has 1 unspecified atom stereocenters. The number of alkyl halides is 3. The minimum atomic E-state index is -4.85. The zero-order valence-electron chi connectivity index (χ0n) is 10.2. The monoisotopic (exact) mass is 276 g/mol. The summed E-state index contributed by atoms with van der Waals surface area (Å²) in [5.74, 6) is -1.34.